The van der Waals surface area contributed by atoms with E-state index in [0.29, 0.717) is 35.4 Å². The summed E-state index contributed by atoms with van der Waals surface area (Å²) in [5.74, 6) is -1.09. The summed E-state index contributed by atoms with van der Waals surface area (Å²) in [6.45, 7) is 3.62. The highest BCUT2D eigenvalue weighted by Crippen LogP contribution is 2.39. The third kappa shape index (κ3) is 5.20. The van der Waals surface area contributed by atoms with Crippen LogP contribution in [-0.4, -0.2) is 100 Å². The lowest BCUT2D eigenvalue weighted by molar-refractivity contribution is -0.0664. The molecule has 238 valence electrons. The van der Waals surface area contributed by atoms with Gasteiger partial charge in [0.05, 0.1) is 47.7 Å². The summed E-state index contributed by atoms with van der Waals surface area (Å²) in [5.41, 5.74) is -0.172. The van der Waals surface area contributed by atoms with E-state index < -0.39 is 23.8 Å². The van der Waals surface area contributed by atoms with Gasteiger partial charge in [-0.3, -0.25) is 9.88 Å². The van der Waals surface area contributed by atoms with Crippen molar-refractivity contribution >= 4 is 45.2 Å². The van der Waals surface area contributed by atoms with Gasteiger partial charge in [-0.05, 0) is 30.8 Å². The maximum absolute atomic E-state index is 16.7. The second kappa shape index (κ2) is 12.1. The summed E-state index contributed by atoms with van der Waals surface area (Å²) in [7, 11) is 0. The predicted octanol–water partition coefficient (Wildman–Crippen LogP) is 5.10. The van der Waals surface area contributed by atoms with Crippen molar-refractivity contribution in [3.63, 3.8) is 0 Å². The van der Waals surface area contributed by atoms with Crippen molar-refractivity contribution < 1.29 is 28.2 Å². The normalized spacial score (nSPS) is 21.8. The van der Waals surface area contributed by atoms with E-state index in [-0.39, 0.29) is 65.8 Å². The second-order valence-electron chi connectivity index (χ2n) is 11.9. The molecule has 0 spiro atoms. The monoisotopic (exact) mass is 649 g/mol. The standard InChI is InChI=1S/C32H30ClF2N7O4/c33-25-23(34)6-5-19-3-1-4-21(24(19)25)27-26(35)28-22(15-37-27)29(40-11-12-42(31(43)44)20(16-40)7-9-36)39-30(38-28)46-18-32-8-2-10-41(32)13-14-45-17-32/h1,3-6,15,20H,2,7-8,10-14,16-18H2,(H,43,44)/t20-,32?/m0/s1. The Morgan fingerprint density at radius 1 is 1.20 bits per heavy atom. The third-order valence-electron chi connectivity index (χ3n) is 9.28. The van der Waals surface area contributed by atoms with Crippen molar-refractivity contribution in [2.24, 2.45) is 0 Å². The molecule has 1 unspecified atom stereocenters. The van der Waals surface area contributed by atoms with Gasteiger partial charge in [0.15, 0.2) is 5.82 Å². The van der Waals surface area contributed by atoms with Crippen LogP contribution in [0.15, 0.2) is 36.5 Å². The summed E-state index contributed by atoms with van der Waals surface area (Å²) in [5, 5.41) is 20.2. The quantitative estimate of drug-likeness (QED) is 0.301. The number of aromatic nitrogens is 3. The molecule has 4 aromatic rings. The number of hydrogen-bond acceptors (Lipinski definition) is 9. The van der Waals surface area contributed by atoms with E-state index >= 15 is 4.39 Å². The van der Waals surface area contributed by atoms with Crippen LogP contribution >= 0.6 is 11.6 Å². The van der Waals surface area contributed by atoms with Crippen LogP contribution in [0.3, 0.4) is 0 Å². The van der Waals surface area contributed by atoms with Crippen molar-refractivity contribution in [1.82, 2.24) is 24.8 Å². The van der Waals surface area contributed by atoms with Crippen LogP contribution in [0.25, 0.3) is 32.9 Å². The fourth-order valence-corrected chi connectivity index (χ4v) is 7.22. The molecular formula is C32H30ClF2N7O4. The number of carbonyl (C=O) groups is 1. The molecular weight excluding hydrogens is 620 g/mol. The number of nitriles is 1. The highest BCUT2D eigenvalue weighted by atomic mass is 35.5. The van der Waals surface area contributed by atoms with E-state index in [2.05, 4.69) is 20.9 Å². The molecule has 3 aliphatic rings. The number of hydrogen-bond donors (Lipinski definition) is 1. The van der Waals surface area contributed by atoms with E-state index in [0.717, 1.165) is 25.9 Å². The summed E-state index contributed by atoms with van der Waals surface area (Å²) < 4.78 is 43.3. The number of benzene rings is 2. The van der Waals surface area contributed by atoms with Crippen molar-refractivity contribution in [2.45, 2.75) is 30.8 Å². The number of ether oxygens (including phenoxy) is 2. The number of rotatable bonds is 6. The lowest BCUT2D eigenvalue weighted by atomic mass is 9.97. The van der Waals surface area contributed by atoms with E-state index in [1.807, 2.05) is 4.90 Å². The van der Waals surface area contributed by atoms with Crippen LogP contribution in [-0.2, 0) is 4.74 Å². The van der Waals surface area contributed by atoms with Crippen LogP contribution in [0, 0.1) is 23.0 Å². The lowest BCUT2D eigenvalue weighted by Gasteiger charge is -2.41. The molecule has 46 heavy (non-hydrogen) atoms. The fraction of sp³-hybridized carbons (Fsp3) is 0.406. The first-order chi connectivity index (χ1) is 22.3. The van der Waals surface area contributed by atoms with Crippen molar-refractivity contribution in [3.05, 3.63) is 53.2 Å². The van der Waals surface area contributed by atoms with Gasteiger partial charge in [0.2, 0.25) is 0 Å². The van der Waals surface area contributed by atoms with Gasteiger partial charge in [0.1, 0.15) is 29.5 Å². The Balaban J connectivity index is 1.34. The van der Waals surface area contributed by atoms with Gasteiger partial charge in [0.25, 0.3) is 0 Å². The third-order valence-corrected chi connectivity index (χ3v) is 9.65. The molecule has 3 aliphatic heterocycles. The molecule has 1 N–H and O–H groups in total. The smallest absolute Gasteiger partial charge is 0.407 e. The molecule has 14 heteroatoms. The number of nitrogens with zero attached hydrogens (tertiary/aromatic N) is 7. The van der Waals surface area contributed by atoms with Gasteiger partial charge in [-0.1, -0.05) is 35.9 Å². The molecule has 1 amide bonds. The van der Waals surface area contributed by atoms with Crippen LogP contribution in [0.1, 0.15) is 19.3 Å². The molecule has 5 heterocycles. The number of fused-ring (bicyclic) bond motifs is 3. The number of piperazine rings is 1. The average molecular weight is 650 g/mol. The number of halogens is 3. The average Bonchev–Trinajstić information content (AvgIpc) is 3.50. The van der Waals surface area contributed by atoms with Crippen molar-refractivity contribution in [2.75, 3.05) is 57.4 Å². The fourth-order valence-electron chi connectivity index (χ4n) is 6.95. The van der Waals surface area contributed by atoms with E-state index in [1.165, 1.54) is 17.2 Å². The van der Waals surface area contributed by atoms with E-state index in [1.54, 1.807) is 24.3 Å². The highest BCUT2D eigenvalue weighted by Gasteiger charge is 2.44. The topological polar surface area (TPSA) is 128 Å². The van der Waals surface area contributed by atoms with Gasteiger partial charge in [-0.25, -0.2) is 13.6 Å². The molecule has 0 bridgehead atoms. The molecule has 0 aliphatic carbocycles. The Kier molecular flexibility index (Phi) is 7.96. The van der Waals surface area contributed by atoms with Crippen LogP contribution < -0.4 is 9.64 Å². The minimum Gasteiger partial charge on any atom is -0.465 e. The summed E-state index contributed by atoms with van der Waals surface area (Å²) in [4.78, 5) is 31.0. The number of anilines is 1. The zero-order valence-corrected chi connectivity index (χ0v) is 25.5. The Bertz CT molecular complexity index is 1890. The zero-order chi connectivity index (χ0) is 32.0. The van der Waals surface area contributed by atoms with Crippen LogP contribution in [0.4, 0.5) is 19.4 Å². The zero-order valence-electron chi connectivity index (χ0n) is 24.8. The first-order valence-corrected chi connectivity index (χ1v) is 15.5. The summed E-state index contributed by atoms with van der Waals surface area (Å²) >= 11 is 6.38. The Labute approximate surface area is 267 Å². The molecule has 0 saturated carbocycles. The molecule has 11 nitrogen and oxygen atoms in total. The molecule has 7 rings (SSSR count). The largest absolute Gasteiger partial charge is 0.465 e. The Hall–Kier alpha value is -4.38. The molecule has 3 saturated heterocycles. The van der Waals surface area contributed by atoms with Crippen LogP contribution in [0.5, 0.6) is 6.01 Å². The minimum absolute atomic E-state index is 0.0251. The summed E-state index contributed by atoms with van der Waals surface area (Å²) in [6.07, 6.45) is 2.19. The summed E-state index contributed by atoms with van der Waals surface area (Å²) in [6, 6.07) is 9.31. The van der Waals surface area contributed by atoms with Gasteiger partial charge in [-0.15, -0.1) is 0 Å². The van der Waals surface area contributed by atoms with Gasteiger partial charge in [-0.2, -0.15) is 15.2 Å². The van der Waals surface area contributed by atoms with Gasteiger partial charge >= 0.3 is 12.1 Å². The number of morpholine rings is 1. The van der Waals surface area contributed by atoms with Gasteiger partial charge in [0, 0.05) is 43.3 Å². The van der Waals surface area contributed by atoms with E-state index in [4.69, 9.17) is 26.1 Å². The maximum atomic E-state index is 16.7. The first kappa shape index (κ1) is 30.3. The molecule has 2 aromatic heterocycles. The molecule has 0 radical (unpaired) electrons. The highest BCUT2D eigenvalue weighted by molar-refractivity contribution is 6.36. The van der Waals surface area contributed by atoms with Crippen molar-refractivity contribution in [1.29, 1.82) is 5.26 Å². The van der Waals surface area contributed by atoms with Crippen molar-refractivity contribution in [3.8, 4) is 23.3 Å². The predicted molar refractivity (Wildman–Crippen MR) is 166 cm³/mol. The number of pyridine rings is 1. The maximum Gasteiger partial charge on any atom is 0.407 e. The lowest BCUT2D eigenvalue weighted by Crippen LogP contribution is -2.56. The SMILES string of the molecule is N#CC[C@H]1CN(c2nc(OCC34CCCN3CCOC4)nc3c(F)c(-c4cccc5ccc(F)c(Cl)c45)ncc23)CCN1C(=O)O. The van der Waals surface area contributed by atoms with Crippen LogP contribution in [0.2, 0.25) is 5.02 Å². The van der Waals surface area contributed by atoms with Gasteiger partial charge < -0.3 is 24.4 Å². The number of carboxylic acid groups (broad SMARTS) is 1. The minimum atomic E-state index is -1.12. The first-order valence-electron chi connectivity index (χ1n) is 15.1. The molecule has 3 fully saturated rings. The second-order valence-corrected chi connectivity index (χ2v) is 12.3. The Morgan fingerprint density at radius 2 is 2.07 bits per heavy atom. The Morgan fingerprint density at radius 3 is 2.89 bits per heavy atom. The van der Waals surface area contributed by atoms with E-state index in [9.17, 15) is 19.6 Å². The number of amides is 1. The molecule has 2 aromatic carbocycles. The molecule has 2 atom stereocenters.